The van der Waals surface area contributed by atoms with E-state index in [4.69, 9.17) is 0 Å². The number of rotatable bonds is 3. The maximum atomic E-state index is 2.45. The van der Waals surface area contributed by atoms with Gasteiger partial charge in [-0.05, 0) is 31.1 Å². The zero-order chi connectivity index (χ0) is 8.10. The molecule has 0 aromatic carbocycles. The first-order chi connectivity index (χ1) is 5.33. The average molecular weight is 153 g/mol. The summed E-state index contributed by atoms with van der Waals surface area (Å²) in [6, 6.07) is 0. The highest BCUT2D eigenvalue weighted by Crippen LogP contribution is 2.31. The molecule has 1 fully saturated rings. The van der Waals surface area contributed by atoms with Crippen LogP contribution < -0.4 is 0 Å². The monoisotopic (exact) mass is 153 g/mol. The highest BCUT2D eigenvalue weighted by atomic mass is 14.2. The quantitative estimate of drug-likeness (QED) is 0.578. The predicted molar refractivity (Wildman–Crippen MR) is 50.3 cm³/mol. The fourth-order valence-corrected chi connectivity index (χ4v) is 2.18. The molecule has 0 aromatic rings. The molecule has 1 aliphatic carbocycles. The Balaban J connectivity index is 2.12. The minimum absolute atomic E-state index is 0.999. The van der Waals surface area contributed by atoms with Gasteiger partial charge in [0.15, 0.2) is 0 Å². The van der Waals surface area contributed by atoms with E-state index in [2.05, 4.69) is 20.3 Å². The average Bonchev–Trinajstić information content (AvgIpc) is 2.01. The van der Waals surface area contributed by atoms with Gasteiger partial charge in [-0.2, -0.15) is 0 Å². The first-order valence-electron chi connectivity index (χ1n) is 5.14. The lowest BCUT2D eigenvalue weighted by Crippen LogP contribution is -2.12. The summed E-state index contributed by atoms with van der Waals surface area (Å²) < 4.78 is 0. The van der Waals surface area contributed by atoms with Crippen molar-refractivity contribution in [1.29, 1.82) is 0 Å². The van der Waals surface area contributed by atoms with Gasteiger partial charge >= 0.3 is 0 Å². The molecule has 0 aliphatic heterocycles. The Kier molecular flexibility index (Phi) is 3.96. The Morgan fingerprint density at radius 1 is 1.36 bits per heavy atom. The first kappa shape index (κ1) is 9.09. The molecular weight excluding hydrogens is 132 g/mol. The van der Waals surface area contributed by atoms with E-state index in [1.807, 2.05) is 0 Å². The van der Waals surface area contributed by atoms with Crippen molar-refractivity contribution in [2.75, 3.05) is 0 Å². The molecule has 2 atom stereocenters. The highest BCUT2D eigenvalue weighted by molar-refractivity contribution is 4.75. The highest BCUT2D eigenvalue weighted by Gasteiger charge is 2.17. The van der Waals surface area contributed by atoms with Gasteiger partial charge in [-0.3, -0.25) is 0 Å². The SMILES string of the molecule is CC[CH]CC1CCCC(C)C1. The first-order valence-corrected chi connectivity index (χ1v) is 5.14. The van der Waals surface area contributed by atoms with Crippen molar-refractivity contribution in [3.8, 4) is 0 Å². The summed E-state index contributed by atoms with van der Waals surface area (Å²) in [6.07, 6.45) is 11.0. The van der Waals surface area contributed by atoms with Crippen LogP contribution >= 0.6 is 0 Å². The largest absolute Gasteiger partial charge is 0.0651 e. The van der Waals surface area contributed by atoms with E-state index >= 15 is 0 Å². The van der Waals surface area contributed by atoms with E-state index in [-0.39, 0.29) is 0 Å². The molecule has 0 spiro atoms. The van der Waals surface area contributed by atoms with Gasteiger partial charge in [-0.15, -0.1) is 0 Å². The van der Waals surface area contributed by atoms with E-state index in [0.29, 0.717) is 0 Å². The fourth-order valence-electron chi connectivity index (χ4n) is 2.18. The van der Waals surface area contributed by atoms with Crippen LogP contribution in [0.1, 0.15) is 52.4 Å². The third-order valence-electron chi connectivity index (χ3n) is 2.83. The van der Waals surface area contributed by atoms with Crippen molar-refractivity contribution in [3.05, 3.63) is 6.42 Å². The molecule has 1 radical (unpaired) electrons. The lowest BCUT2D eigenvalue weighted by molar-refractivity contribution is 0.279. The standard InChI is InChI=1S/C11H21/c1-3-4-7-11-8-5-6-10(2)9-11/h4,10-11H,3,5-9H2,1-2H3. The topological polar surface area (TPSA) is 0 Å². The Morgan fingerprint density at radius 2 is 2.18 bits per heavy atom. The van der Waals surface area contributed by atoms with E-state index in [9.17, 15) is 0 Å². The second-order valence-corrected chi connectivity index (χ2v) is 4.07. The molecule has 11 heavy (non-hydrogen) atoms. The van der Waals surface area contributed by atoms with Crippen molar-refractivity contribution in [2.45, 2.75) is 52.4 Å². The minimum atomic E-state index is 0.999. The molecule has 0 heteroatoms. The van der Waals surface area contributed by atoms with Crippen LogP contribution in [0.2, 0.25) is 0 Å². The molecule has 0 bridgehead atoms. The Labute approximate surface area is 71.4 Å². The fraction of sp³-hybridized carbons (Fsp3) is 0.909. The summed E-state index contributed by atoms with van der Waals surface area (Å²) in [4.78, 5) is 0. The maximum Gasteiger partial charge on any atom is -0.0386 e. The van der Waals surface area contributed by atoms with E-state index in [1.165, 1.54) is 38.5 Å². The van der Waals surface area contributed by atoms with Gasteiger partial charge in [-0.25, -0.2) is 0 Å². The summed E-state index contributed by atoms with van der Waals surface area (Å²) >= 11 is 0. The molecule has 1 rings (SSSR count). The maximum absolute atomic E-state index is 2.45. The summed E-state index contributed by atoms with van der Waals surface area (Å²) in [7, 11) is 0. The number of unbranched alkanes of at least 4 members (excludes halogenated alkanes) is 1. The Hall–Kier alpha value is 0. The molecule has 0 amide bonds. The third-order valence-corrected chi connectivity index (χ3v) is 2.83. The van der Waals surface area contributed by atoms with Crippen LogP contribution in [0.5, 0.6) is 0 Å². The normalized spacial score (nSPS) is 32.2. The van der Waals surface area contributed by atoms with Gasteiger partial charge in [0.1, 0.15) is 0 Å². The minimum Gasteiger partial charge on any atom is -0.0651 e. The summed E-state index contributed by atoms with van der Waals surface area (Å²) in [5.74, 6) is 2.03. The van der Waals surface area contributed by atoms with E-state index in [1.54, 1.807) is 0 Å². The van der Waals surface area contributed by atoms with Crippen molar-refractivity contribution in [2.24, 2.45) is 11.8 Å². The molecule has 0 saturated heterocycles. The van der Waals surface area contributed by atoms with Crippen LogP contribution in [0, 0.1) is 18.3 Å². The molecule has 1 saturated carbocycles. The smallest absolute Gasteiger partial charge is 0.0386 e. The molecule has 2 unspecified atom stereocenters. The van der Waals surface area contributed by atoms with E-state index in [0.717, 1.165) is 11.8 Å². The van der Waals surface area contributed by atoms with Gasteiger partial charge in [0.05, 0.1) is 0 Å². The van der Waals surface area contributed by atoms with Crippen molar-refractivity contribution >= 4 is 0 Å². The zero-order valence-corrected chi connectivity index (χ0v) is 7.97. The predicted octanol–water partition coefficient (Wildman–Crippen LogP) is 3.82. The molecular formula is C11H21. The summed E-state index contributed by atoms with van der Waals surface area (Å²) in [5.41, 5.74) is 0. The van der Waals surface area contributed by atoms with Gasteiger partial charge in [0.2, 0.25) is 0 Å². The van der Waals surface area contributed by atoms with Gasteiger partial charge in [0, 0.05) is 0 Å². The summed E-state index contributed by atoms with van der Waals surface area (Å²) in [6.45, 7) is 4.64. The lowest BCUT2D eigenvalue weighted by Gasteiger charge is -2.26. The summed E-state index contributed by atoms with van der Waals surface area (Å²) in [5, 5.41) is 0. The van der Waals surface area contributed by atoms with Crippen LogP contribution in [0.25, 0.3) is 0 Å². The van der Waals surface area contributed by atoms with Crippen LogP contribution in [-0.2, 0) is 0 Å². The van der Waals surface area contributed by atoms with Gasteiger partial charge in [0.25, 0.3) is 0 Å². The second-order valence-electron chi connectivity index (χ2n) is 4.07. The van der Waals surface area contributed by atoms with Gasteiger partial charge < -0.3 is 0 Å². The Morgan fingerprint density at radius 3 is 2.82 bits per heavy atom. The second kappa shape index (κ2) is 4.79. The van der Waals surface area contributed by atoms with E-state index < -0.39 is 0 Å². The van der Waals surface area contributed by atoms with Crippen molar-refractivity contribution in [3.63, 3.8) is 0 Å². The number of hydrogen-bond acceptors (Lipinski definition) is 0. The molecule has 1 aliphatic rings. The zero-order valence-electron chi connectivity index (χ0n) is 7.97. The van der Waals surface area contributed by atoms with Crippen molar-refractivity contribution in [1.82, 2.24) is 0 Å². The molecule has 65 valence electrons. The van der Waals surface area contributed by atoms with Crippen LogP contribution in [0.4, 0.5) is 0 Å². The molecule has 0 nitrogen and oxygen atoms in total. The molecule has 0 aromatic heterocycles. The Bertz CT molecular complexity index is 96.2. The molecule has 0 heterocycles. The van der Waals surface area contributed by atoms with Crippen LogP contribution in [-0.4, -0.2) is 0 Å². The van der Waals surface area contributed by atoms with Gasteiger partial charge in [-0.1, -0.05) is 39.5 Å². The van der Waals surface area contributed by atoms with Crippen LogP contribution in [0.3, 0.4) is 0 Å². The number of hydrogen-bond donors (Lipinski definition) is 0. The van der Waals surface area contributed by atoms with Crippen molar-refractivity contribution < 1.29 is 0 Å². The van der Waals surface area contributed by atoms with Crippen LogP contribution in [0.15, 0.2) is 0 Å². The lowest BCUT2D eigenvalue weighted by atomic mass is 9.80. The molecule has 0 N–H and O–H groups in total. The third kappa shape index (κ3) is 3.27.